The first-order valence-electron chi connectivity index (χ1n) is 2.98. The van der Waals surface area contributed by atoms with Crippen LogP contribution in [0.25, 0.3) is 0 Å². The molecule has 0 saturated heterocycles. The molecule has 9 heavy (non-hydrogen) atoms. The lowest BCUT2D eigenvalue weighted by atomic mass is 10.4. The highest BCUT2D eigenvalue weighted by Crippen LogP contribution is 2.29. The molecule has 1 aliphatic rings. The van der Waals surface area contributed by atoms with Gasteiger partial charge in [0.25, 0.3) is 6.08 Å². The third kappa shape index (κ3) is 3.01. The van der Waals surface area contributed by atoms with Gasteiger partial charge in [0.1, 0.15) is 0 Å². The minimum absolute atomic E-state index is 0.584. The van der Waals surface area contributed by atoms with E-state index in [9.17, 15) is 8.78 Å². The molecule has 0 bridgehead atoms. The van der Waals surface area contributed by atoms with Crippen molar-refractivity contribution in [1.29, 1.82) is 0 Å². The van der Waals surface area contributed by atoms with E-state index in [1.165, 1.54) is 6.08 Å². The highest BCUT2D eigenvalue weighted by atomic mass is 19.3. The molecule has 2 heteroatoms. The van der Waals surface area contributed by atoms with E-state index < -0.39 is 6.08 Å². The molecule has 0 N–H and O–H groups in total. The molecule has 0 aromatic heterocycles. The maximum atomic E-state index is 11.3. The molecule has 0 aromatic carbocycles. The number of hydrogen-bond acceptors (Lipinski definition) is 0. The molecule has 50 valence electrons. The lowest BCUT2D eigenvalue weighted by Crippen LogP contribution is -1.60. The fourth-order valence-electron chi connectivity index (χ4n) is 0.574. The normalized spacial score (nSPS) is 18.4. The highest BCUT2D eigenvalue weighted by molar-refractivity contribution is 5.07. The van der Waals surface area contributed by atoms with E-state index in [1.807, 2.05) is 6.08 Å². The summed E-state index contributed by atoms with van der Waals surface area (Å²) in [4.78, 5) is 0. The van der Waals surface area contributed by atoms with E-state index in [1.54, 1.807) is 0 Å². The van der Waals surface area contributed by atoms with E-state index in [-0.39, 0.29) is 0 Å². The highest BCUT2D eigenvalue weighted by Gasteiger charge is 2.16. The zero-order valence-electron chi connectivity index (χ0n) is 4.98. The van der Waals surface area contributed by atoms with Gasteiger partial charge in [0.2, 0.25) is 0 Å². The predicted molar refractivity (Wildman–Crippen MR) is 32.2 cm³/mol. The Morgan fingerprint density at radius 3 is 2.44 bits per heavy atom. The van der Waals surface area contributed by atoms with Crippen molar-refractivity contribution < 1.29 is 8.78 Å². The summed E-state index contributed by atoms with van der Waals surface area (Å²) < 4.78 is 22.6. The van der Waals surface area contributed by atoms with Gasteiger partial charge in [0.05, 0.1) is 0 Å². The van der Waals surface area contributed by atoms with Crippen LogP contribution in [0.4, 0.5) is 8.78 Å². The number of halogens is 2. The first-order valence-corrected chi connectivity index (χ1v) is 2.98. The molecule has 1 saturated carbocycles. The second-order valence-electron chi connectivity index (χ2n) is 2.18. The van der Waals surface area contributed by atoms with Crippen molar-refractivity contribution in [3.63, 3.8) is 0 Å². The standard InChI is InChI=1S/C7H8F2/c8-7(9)3-1-2-6-4-5-6/h1-3,6H,4-5H2. The van der Waals surface area contributed by atoms with E-state index in [2.05, 4.69) is 0 Å². The number of allylic oxidation sites excluding steroid dienone is 3. The summed E-state index contributed by atoms with van der Waals surface area (Å²) in [7, 11) is 0. The molecular weight excluding hydrogens is 122 g/mol. The van der Waals surface area contributed by atoms with Crippen molar-refractivity contribution in [2.75, 3.05) is 0 Å². The van der Waals surface area contributed by atoms with Gasteiger partial charge in [-0.2, -0.15) is 8.78 Å². The van der Waals surface area contributed by atoms with Gasteiger partial charge in [-0.3, -0.25) is 0 Å². The van der Waals surface area contributed by atoms with Crippen LogP contribution in [0.1, 0.15) is 12.8 Å². The van der Waals surface area contributed by atoms with Crippen LogP contribution in [0.2, 0.25) is 0 Å². The quantitative estimate of drug-likeness (QED) is 0.504. The van der Waals surface area contributed by atoms with Crippen molar-refractivity contribution in [1.82, 2.24) is 0 Å². The monoisotopic (exact) mass is 130 g/mol. The maximum Gasteiger partial charge on any atom is 0.270 e. The molecule has 0 nitrogen and oxygen atoms in total. The minimum atomic E-state index is -1.62. The third-order valence-corrected chi connectivity index (χ3v) is 1.23. The predicted octanol–water partition coefficient (Wildman–Crippen LogP) is 2.73. The first kappa shape index (κ1) is 6.46. The van der Waals surface area contributed by atoms with Crippen molar-refractivity contribution in [3.8, 4) is 0 Å². The van der Waals surface area contributed by atoms with Crippen LogP contribution in [0.3, 0.4) is 0 Å². The van der Waals surface area contributed by atoms with E-state index in [0.29, 0.717) is 5.92 Å². The Bertz CT molecular complexity index is 139. The SMILES string of the molecule is FC(F)=CC=CC1CC1. The molecule has 1 fully saturated rings. The van der Waals surface area contributed by atoms with Gasteiger partial charge in [0.15, 0.2) is 0 Å². The minimum Gasteiger partial charge on any atom is -0.173 e. The van der Waals surface area contributed by atoms with Crippen LogP contribution in [0.15, 0.2) is 24.3 Å². The molecular formula is C7H8F2. The number of hydrogen-bond donors (Lipinski definition) is 0. The van der Waals surface area contributed by atoms with Crippen molar-refractivity contribution >= 4 is 0 Å². The summed E-state index contributed by atoms with van der Waals surface area (Å²) in [6, 6.07) is 0. The largest absolute Gasteiger partial charge is 0.270 e. The van der Waals surface area contributed by atoms with Crippen molar-refractivity contribution in [2.24, 2.45) is 5.92 Å². The van der Waals surface area contributed by atoms with E-state index >= 15 is 0 Å². The van der Waals surface area contributed by atoms with Gasteiger partial charge in [-0.25, -0.2) is 0 Å². The van der Waals surface area contributed by atoms with Crippen LogP contribution in [-0.2, 0) is 0 Å². The fraction of sp³-hybridized carbons (Fsp3) is 0.429. The molecule has 0 spiro atoms. The van der Waals surface area contributed by atoms with Gasteiger partial charge in [0, 0.05) is 6.08 Å². The lowest BCUT2D eigenvalue weighted by Gasteiger charge is -1.75. The zero-order valence-corrected chi connectivity index (χ0v) is 4.98. The van der Waals surface area contributed by atoms with Gasteiger partial charge < -0.3 is 0 Å². The molecule has 0 heterocycles. The average Bonchev–Trinajstić information content (AvgIpc) is 2.48. The van der Waals surface area contributed by atoms with E-state index in [4.69, 9.17) is 0 Å². The molecule has 0 aromatic rings. The van der Waals surface area contributed by atoms with Crippen LogP contribution < -0.4 is 0 Å². The third-order valence-electron chi connectivity index (χ3n) is 1.23. The Morgan fingerprint density at radius 2 is 2.00 bits per heavy atom. The van der Waals surface area contributed by atoms with Gasteiger partial charge >= 0.3 is 0 Å². The number of rotatable bonds is 2. The zero-order chi connectivity index (χ0) is 6.69. The molecule has 0 aliphatic heterocycles. The van der Waals surface area contributed by atoms with Crippen LogP contribution >= 0.6 is 0 Å². The maximum absolute atomic E-state index is 11.3. The van der Waals surface area contributed by atoms with Gasteiger partial charge in [-0.15, -0.1) is 0 Å². The average molecular weight is 130 g/mol. The van der Waals surface area contributed by atoms with Gasteiger partial charge in [-0.1, -0.05) is 12.2 Å². The van der Waals surface area contributed by atoms with Gasteiger partial charge in [-0.05, 0) is 18.8 Å². The second-order valence-corrected chi connectivity index (χ2v) is 2.18. The second kappa shape index (κ2) is 2.76. The molecule has 1 aliphatic carbocycles. The summed E-state index contributed by atoms with van der Waals surface area (Å²) >= 11 is 0. The van der Waals surface area contributed by atoms with E-state index in [0.717, 1.165) is 18.9 Å². The van der Waals surface area contributed by atoms with Crippen LogP contribution in [0.5, 0.6) is 0 Å². The summed E-state index contributed by atoms with van der Waals surface area (Å²) in [6.45, 7) is 0. The smallest absolute Gasteiger partial charge is 0.173 e. The molecule has 0 unspecified atom stereocenters. The Hall–Kier alpha value is -0.660. The summed E-state index contributed by atoms with van der Waals surface area (Å²) in [6.07, 6.45) is 4.79. The first-order chi connectivity index (χ1) is 4.29. The van der Waals surface area contributed by atoms with Crippen LogP contribution in [0, 0.1) is 5.92 Å². The summed E-state index contributed by atoms with van der Waals surface area (Å²) in [5.41, 5.74) is 0. The molecule has 0 atom stereocenters. The Balaban J connectivity index is 2.22. The van der Waals surface area contributed by atoms with Crippen molar-refractivity contribution in [3.05, 3.63) is 24.3 Å². The fourth-order valence-corrected chi connectivity index (χ4v) is 0.574. The molecule has 0 amide bonds. The Kier molecular flexibility index (Phi) is 1.98. The van der Waals surface area contributed by atoms with Crippen LogP contribution in [-0.4, -0.2) is 0 Å². The molecule has 1 rings (SSSR count). The lowest BCUT2D eigenvalue weighted by molar-refractivity contribution is 0.422. The summed E-state index contributed by atoms with van der Waals surface area (Å²) in [5, 5.41) is 0. The topological polar surface area (TPSA) is 0 Å². The molecule has 0 radical (unpaired) electrons. The Morgan fingerprint density at radius 1 is 1.33 bits per heavy atom. The summed E-state index contributed by atoms with van der Waals surface area (Å²) in [5.74, 6) is 0.584. The Labute approximate surface area is 52.9 Å². The van der Waals surface area contributed by atoms with Crippen molar-refractivity contribution in [2.45, 2.75) is 12.8 Å².